The van der Waals surface area contributed by atoms with E-state index < -0.39 is 15.4 Å². The van der Waals surface area contributed by atoms with Gasteiger partial charge in [0.15, 0.2) is 21.3 Å². The van der Waals surface area contributed by atoms with Crippen LogP contribution in [0.2, 0.25) is 0 Å². The van der Waals surface area contributed by atoms with Crippen LogP contribution in [0.25, 0.3) is 0 Å². The Morgan fingerprint density at radius 3 is 2.63 bits per heavy atom. The summed E-state index contributed by atoms with van der Waals surface area (Å²) in [4.78, 5) is 27.0. The molecule has 1 atom stereocenters. The van der Waals surface area contributed by atoms with E-state index in [1.54, 1.807) is 25.1 Å². The van der Waals surface area contributed by atoms with Gasteiger partial charge in [-0.25, -0.2) is 8.42 Å². The highest BCUT2D eigenvalue weighted by molar-refractivity contribution is 7.91. The second-order valence-corrected chi connectivity index (χ2v) is 10.7. The van der Waals surface area contributed by atoms with Gasteiger partial charge < -0.3 is 20.1 Å². The number of benzene rings is 1. The zero-order chi connectivity index (χ0) is 21.4. The average molecular weight is 438 g/mol. The van der Waals surface area contributed by atoms with Crippen molar-refractivity contribution >= 4 is 27.3 Å². The van der Waals surface area contributed by atoms with Gasteiger partial charge in [0.25, 0.3) is 0 Å². The Balaban J connectivity index is 1.23. The monoisotopic (exact) mass is 437 g/mol. The standard InChI is InChI=1S/C20H27N3O6S/c1-20(6-9-30(26,27)12-20)22-18(24)11-23-7-4-14(5-8-23)19(25)21-15-2-3-16-17(10-15)29-13-28-16/h2-3,10,14H,4-9,11-13H2,1H3,(H,21,25)(H,22,24)/t20-/m0/s1. The maximum Gasteiger partial charge on any atom is 0.234 e. The lowest BCUT2D eigenvalue weighted by atomic mass is 9.95. The zero-order valence-corrected chi connectivity index (χ0v) is 17.8. The Bertz CT molecular complexity index is 942. The third-order valence-corrected chi connectivity index (χ3v) is 7.81. The molecule has 164 valence electrons. The van der Waals surface area contributed by atoms with Crippen molar-refractivity contribution in [3.8, 4) is 11.5 Å². The van der Waals surface area contributed by atoms with Crippen molar-refractivity contribution in [3.05, 3.63) is 18.2 Å². The van der Waals surface area contributed by atoms with E-state index in [-0.39, 0.29) is 42.6 Å². The highest BCUT2D eigenvalue weighted by Crippen LogP contribution is 2.34. The molecular weight excluding hydrogens is 410 g/mol. The van der Waals surface area contributed by atoms with Crippen LogP contribution in [0.5, 0.6) is 11.5 Å². The van der Waals surface area contributed by atoms with E-state index >= 15 is 0 Å². The number of sulfone groups is 1. The summed E-state index contributed by atoms with van der Waals surface area (Å²) in [5.41, 5.74) is -0.00975. The molecule has 3 aliphatic heterocycles. The van der Waals surface area contributed by atoms with Crippen LogP contribution in [0.15, 0.2) is 18.2 Å². The highest BCUT2D eigenvalue weighted by Gasteiger charge is 2.39. The molecule has 0 spiro atoms. The Morgan fingerprint density at radius 2 is 1.93 bits per heavy atom. The molecule has 0 unspecified atom stereocenters. The average Bonchev–Trinajstić information content (AvgIpc) is 3.25. The minimum absolute atomic E-state index is 0.00611. The number of fused-ring (bicyclic) bond motifs is 1. The van der Waals surface area contributed by atoms with E-state index in [4.69, 9.17) is 9.47 Å². The first-order valence-corrected chi connectivity index (χ1v) is 12.0. The van der Waals surface area contributed by atoms with E-state index in [9.17, 15) is 18.0 Å². The van der Waals surface area contributed by atoms with Crippen LogP contribution in [0.3, 0.4) is 0 Å². The number of rotatable bonds is 5. The van der Waals surface area contributed by atoms with E-state index in [2.05, 4.69) is 10.6 Å². The van der Waals surface area contributed by atoms with Gasteiger partial charge in [0, 0.05) is 17.7 Å². The summed E-state index contributed by atoms with van der Waals surface area (Å²) in [6, 6.07) is 5.31. The molecule has 1 aromatic rings. The van der Waals surface area contributed by atoms with Gasteiger partial charge in [-0.15, -0.1) is 0 Å². The minimum atomic E-state index is -3.07. The molecule has 0 radical (unpaired) electrons. The molecule has 3 heterocycles. The number of amides is 2. The Kier molecular flexibility index (Phi) is 5.63. The minimum Gasteiger partial charge on any atom is -0.454 e. The van der Waals surface area contributed by atoms with E-state index in [1.165, 1.54) is 0 Å². The molecule has 10 heteroatoms. The topological polar surface area (TPSA) is 114 Å². The number of piperidine rings is 1. The van der Waals surface area contributed by atoms with Gasteiger partial charge in [-0.1, -0.05) is 0 Å². The molecule has 2 fully saturated rings. The van der Waals surface area contributed by atoms with Crippen LogP contribution in [-0.2, 0) is 19.4 Å². The van der Waals surface area contributed by atoms with Crippen LogP contribution < -0.4 is 20.1 Å². The van der Waals surface area contributed by atoms with Gasteiger partial charge in [0.05, 0.1) is 23.6 Å². The molecule has 30 heavy (non-hydrogen) atoms. The summed E-state index contributed by atoms with van der Waals surface area (Å²) in [5, 5.41) is 5.81. The van der Waals surface area contributed by atoms with E-state index in [0.29, 0.717) is 49.5 Å². The number of anilines is 1. The van der Waals surface area contributed by atoms with Crippen LogP contribution in [0.4, 0.5) is 5.69 Å². The second-order valence-electron chi connectivity index (χ2n) is 8.56. The van der Waals surface area contributed by atoms with E-state index in [1.807, 2.05) is 4.90 Å². The Hall–Kier alpha value is -2.33. The third kappa shape index (κ3) is 4.86. The first-order chi connectivity index (χ1) is 14.2. The predicted molar refractivity (Wildman–Crippen MR) is 110 cm³/mol. The molecule has 2 amide bonds. The largest absolute Gasteiger partial charge is 0.454 e. The molecule has 0 aromatic heterocycles. The van der Waals surface area contributed by atoms with Crippen molar-refractivity contribution in [1.82, 2.24) is 10.2 Å². The van der Waals surface area contributed by atoms with Crippen LogP contribution >= 0.6 is 0 Å². The normalized spacial score (nSPS) is 25.8. The fourth-order valence-electron chi connectivity index (χ4n) is 4.26. The fraction of sp³-hybridized carbons (Fsp3) is 0.600. The van der Waals surface area contributed by atoms with Crippen molar-refractivity contribution in [2.24, 2.45) is 5.92 Å². The number of hydrogen-bond acceptors (Lipinski definition) is 7. The van der Waals surface area contributed by atoms with Gasteiger partial charge >= 0.3 is 0 Å². The lowest BCUT2D eigenvalue weighted by Crippen LogP contribution is -2.51. The number of likely N-dealkylation sites (tertiary alicyclic amines) is 1. The number of hydrogen-bond donors (Lipinski definition) is 2. The molecule has 2 saturated heterocycles. The van der Waals surface area contributed by atoms with Gasteiger partial charge in [-0.3, -0.25) is 14.5 Å². The van der Waals surface area contributed by atoms with Crippen LogP contribution in [0.1, 0.15) is 26.2 Å². The van der Waals surface area contributed by atoms with Crippen molar-refractivity contribution in [2.75, 3.05) is 43.2 Å². The number of ether oxygens (including phenoxy) is 2. The van der Waals surface area contributed by atoms with Gasteiger partial charge in [-0.05, 0) is 51.4 Å². The summed E-state index contributed by atoms with van der Waals surface area (Å²) in [5.74, 6) is 1.08. The molecule has 1 aromatic carbocycles. The number of nitrogens with one attached hydrogen (secondary N) is 2. The molecule has 0 saturated carbocycles. The van der Waals surface area contributed by atoms with E-state index in [0.717, 1.165) is 0 Å². The number of carbonyl (C=O) groups excluding carboxylic acids is 2. The van der Waals surface area contributed by atoms with Crippen molar-refractivity contribution in [1.29, 1.82) is 0 Å². The summed E-state index contributed by atoms with van der Waals surface area (Å²) >= 11 is 0. The molecule has 0 aliphatic carbocycles. The van der Waals surface area contributed by atoms with Crippen molar-refractivity contribution in [2.45, 2.75) is 31.7 Å². The van der Waals surface area contributed by atoms with Crippen molar-refractivity contribution in [3.63, 3.8) is 0 Å². The van der Waals surface area contributed by atoms with Crippen molar-refractivity contribution < 1.29 is 27.5 Å². The maximum atomic E-state index is 12.6. The number of carbonyl (C=O) groups is 2. The van der Waals surface area contributed by atoms with Gasteiger partial charge in [0.2, 0.25) is 18.6 Å². The summed E-state index contributed by atoms with van der Waals surface area (Å²) in [6.45, 7) is 3.46. The third-order valence-electron chi connectivity index (χ3n) is 5.91. The Labute approximate surface area is 176 Å². The summed E-state index contributed by atoms with van der Waals surface area (Å²) < 4.78 is 34.0. The highest BCUT2D eigenvalue weighted by atomic mass is 32.2. The smallest absolute Gasteiger partial charge is 0.234 e. The molecule has 2 N–H and O–H groups in total. The zero-order valence-electron chi connectivity index (χ0n) is 17.0. The molecular formula is C20H27N3O6S. The van der Waals surface area contributed by atoms with Gasteiger partial charge in [-0.2, -0.15) is 0 Å². The lowest BCUT2D eigenvalue weighted by Gasteiger charge is -2.32. The fourth-order valence-corrected chi connectivity index (χ4v) is 6.35. The molecule has 9 nitrogen and oxygen atoms in total. The molecule has 4 rings (SSSR count). The van der Waals surface area contributed by atoms with Crippen LogP contribution in [0, 0.1) is 5.92 Å². The lowest BCUT2D eigenvalue weighted by molar-refractivity contribution is -0.124. The first-order valence-electron chi connectivity index (χ1n) is 10.2. The Morgan fingerprint density at radius 1 is 1.20 bits per heavy atom. The molecule has 0 bridgehead atoms. The second kappa shape index (κ2) is 8.07. The van der Waals surface area contributed by atoms with Gasteiger partial charge in [0.1, 0.15) is 0 Å². The first kappa shape index (κ1) is 20.9. The maximum absolute atomic E-state index is 12.6. The summed E-state index contributed by atoms with van der Waals surface area (Å²) in [7, 11) is -3.07. The predicted octanol–water partition coefficient (Wildman–Crippen LogP) is 0.759. The summed E-state index contributed by atoms with van der Waals surface area (Å²) in [6.07, 6.45) is 1.77. The quantitative estimate of drug-likeness (QED) is 0.699. The molecule has 3 aliphatic rings. The SMILES string of the molecule is C[C@]1(NC(=O)CN2CCC(C(=O)Nc3ccc4c(c3)OCO4)CC2)CCS(=O)(=O)C1. The number of nitrogens with zero attached hydrogens (tertiary/aromatic N) is 1. The van der Waals surface area contributed by atoms with Crippen LogP contribution in [-0.4, -0.2) is 68.6 Å².